The van der Waals surface area contributed by atoms with Crippen LogP contribution in [0.4, 0.5) is 9.59 Å². The van der Waals surface area contributed by atoms with Gasteiger partial charge in [0.2, 0.25) is 0 Å². The van der Waals surface area contributed by atoms with Gasteiger partial charge in [0.15, 0.2) is 5.78 Å². The van der Waals surface area contributed by atoms with Crippen LogP contribution in [0.25, 0.3) is 0 Å². The second kappa shape index (κ2) is 15.7. The SMILES string of the molecule is CC(C)C[C@H]1CC(=O)C=C(C#C[C@H]2CC([Si](C(C)C)(C(C)C)C(C)C)=CN(C(=O)Oc3ccccc3)C2)N1C(=O)Oc1ccccc1. The van der Waals surface area contributed by atoms with E-state index < -0.39 is 20.3 Å². The molecular formula is C39H50N2O5Si. The molecule has 0 aromatic heterocycles. The number of ketones is 1. The molecule has 0 unspecified atom stereocenters. The summed E-state index contributed by atoms with van der Waals surface area (Å²) >= 11 is 0. The minimum atomic E-state index is -2.14. The summed E-state index contributed by atoms with van der Waals surface area (Å²) in [4.78, 5) is 43.5. The fourth-order valence-corrected chi connectivity index (χ4v) is 15.0. The summed E-state index contributed by atoms with van der Waals surface area (Å²) in [6.45, 7) is 18.3. The summed E-state index contributed by atoms with van der Waals surface area (Å²) in [7, 11) is -2.14. The van der Waals surface area contributed by atoms with E-state index in [1.165, 1.54) is 11.3 Å². The van der Waals surface area contributed by atoms with Gasteiger partial charge in [0.1, 0.15) is 17.2 Å². The first kappa shape index (κ1) is 35.8. The molecule has 2 atom stereocenters. The Hall–Kier alpha value is -4.09. The smallest absolute Gasteiger partial charge is 0.410 e. The summed E-state index contributed by atoms with van der Waals surface area (Å²) in [6, 6.07) is 17.7. The van der Waals surface area contributed by atoms with Gasteiger partial charge < -0.3 is 9.47 Å². The van der Waals surface area contributed by atoms with E-state index in [0.717, 1.165) is 0 Å². The van der Waals surface area contributed by atoms with E-state index in [-0.39, 0.29) is 30.1 Å². The molecule has 0 spiro atoms. The van der Waals surface area contributed by atoms with E-state index in [1.54, 1.807) is 34.1 Å². The normalized spacial score (nSPS) is 18.6. The van der Waals surface area contributed by atoms with E-state index >= 15 is 0 Å². The minimum Gasteiger partial charge on any atom is -0.410 e. The molecule has 2 aromatic carbocycles. The molecule has 0 aliphatic carbocycles. The van der Waals surface area contributed by atoms with Crippen LogP contribution in [0, 0.1) is 23.7 Å². The number of nitrogens with zero attached hydrogens (tertiary/aromatic N) is 2. The lowest BCUT2D eigenvalue weighted by Gasteiger charge is -2.47. The van der Waals surface area contributed by atoms with Crippen molar-refractivity contribution >= 4 is 26.0 Å². The van der Waals surface area contributed by atoms with Crippen molar-refractivity contribution in [1.82, 2.24) is 9.80 Å². The topological polar surface area (TPSA) is 76.2 Å². The third kappa shape index (κ3) is 8.44. The third-order valence-electron chi connectivity index (χ3n) is 9.45. The molecule has 2 heterocycles. The lowest BCUT2D eigenvalue weighted by Crippen LogP contribution is -2.50. The number of benzene rings is 2. The number of carbonyl (C=O) groups excluding carboxylic acids is 3. The van der Waals surface area contributed by atoms with Crippen molar-refractivity contribution in [2.45, 2.75) is 97.3 Å². The number of ether oxygens (including phenoxy) is 2. The van der Waals surface area contributed by atoms with Crippen LogP contribution in [0.15, 0.2) is 83.8 Å². The van der Waals surface area contributed by atoms with Crippen molar-refractivity contribution < 1.29 is 23.9 Å². The first-order valence-corrected chi connectivity index (χ1v) is 19.1. The molecule has 0 saturated heterocycles. The van der Waals surface area contributed by atoms with Gasteiger partial charge in [-0.05, 0) is 65.6 Å². The van der Waals surface area contributed by atoms with E-state index in [4.69, 9.17) is 9.47 Å². The zero-order chi connectivity index (χ0) is 34.3. The monoisotopic (exact) mass is 654 g/mol. The van der Waals surface area contributed by atoms with Gasteiger partial charge in [0.05, 0.1) is 8.07 Å². The summed E-state index contributed by atoms with van der Waals surface area (Å²) < 4.78 is 11.6. The number of amides is 2. The van der Waals surface area contributed by atoms with Gasteiger partial charge >= 0.3 is 12.2 Å². The molecule has 0 N–H and O–H groups in total. The Morgan fingerprint density at radius 3 is 1.85 bits per heavy atom. The molecule has 0 radical (unpaired) electrons. The third-order valence-corrected chi connectivity index (χ3v) is 16.6. The lowest BCUT2D eigenvalue weighted by molar-refractivity contribution is -0.116. The Morgan fingerprint density at radius 2 is 1.34 bits per heavy atom. The molecule has 2 aliphatic heterocycles. The number of hydrogen-bond acceptors (Lipinski definition) is 5. The molecule has 47 heavy (non-hydrogen) atoms. The van der Waals surface area contributed by atoms with E-state index in [0.29, 0.717) is 53.2 Å². The summed E-state index contributed by atoms with van der Waals surface area (Å²) in [5.41, 5.74) is 1.64. The molecule has 0 bridgehead atoms. The van der Waals surface area contributed by atoms with Gasteiger partial charge in [0, 0.05) is 37.2 Å². The van der Waals surface area contributed by atoms with Crippen molar-refractivity contribution in [2.75, 3.05) is 6.54 Å². The minimum absolute atomic E-state index is 0.0631. The molecule has 250 valence electrons. The maximum atomic E-state index is 13.7. The maximum Gasteiger partial charge on any atom is 0.420 e. The van der Waals surface area contributed by atoms with Gasteiger partial charge in [-0.2, -0.15) is 0 Å². The molecule has 4 rings (SSSR count). The highest BCUT2D eigenvalue weighted by molar-refractivity contribution is 6.89. The summed E-state index contributed by atoms with van der Waals surface area (Å²) in [5, 5.41) is 1.29. The first-order valence-electron chi connectivity index (χ1n) is 16.9. The fourth-order valence-electron chi connectivity index (χ4n) is 7.83. The zero-order valence-electron chi connectivity index (χ0n) is 29.2. The van der Waals surface area contributed by atoms with E-state index in [9.17, 15) is 14.4 Å². The Bertz CT molecular complexity index is 1510. The highest BCUT2D eigenvalue weighted by Crippen LogP contribution is 2.49. The second-order valence-corrected chi connectivity index (χ2v) is 20.1. The number of allylic oxidation sites excluding steroid dienone is 3. The van der Waals surface area contributed by atoms with Gasteiger partial charge in [-0.25, -0.2) is 9.59 Å². The van der Waals surface area contributed by atoms with E-state index in [1.807, 2.05) is 42.6 Å². The average Bonchev–Trinajstić information content (AvgIpc) is 3.00. The standard InChI is InChI=1S/C39H50N2O5Si/c1-27(2)21-33-24-34(42)23-32(41(33)39(44)46-36-17-13-10-14-18-36)20-19-31-22-37(47(28(3)4,29(5)6)30(7)8)26-40(25-31)38(43)45-35-15-11-9-12-16-35/h9-18,23,26-31,33H,21-22,24-25H2,1-8H3/t31-,33-/m0/s1. The Labute approximate surface area is 282 Å². The molecule has 2 amide bonds. The molecule has 2 aromatic rings. The molecular weight excluding hydrogens is 605 g/mol. The number of para-hydroxylation sites is 2. The maximum absolute atomic E-state index is 13.7. The molecule has 2 aliphatic rings. The van der Waals surface area contributed by atoms with Crippen molar-refractivity contribution in [1.29, 1.82) is 0 Å². The quantitative estimate of drug-likeness (QED) is 0.209. The van der Waals surface area contributed by atoms with E-state index in [2.05, 4.69) is 67.2 Å². The predicted molar refractivity (Wildman–Crippen MR) is 189 cm³/mol. The van der Waals surface area contributed by atoms with Crippen LogP contribution in [0.3, 0.4) is 0 Å². The number of rotatable bonds is 8. The highest BCUT2D eigenvalue weighted by atomic mass is 28.3. The van der Waals surface area contributed by atoms with Crippen LogP contribution >= 0.6 is 0 Å². The number of hydrogen-bond donors (Lipinski definition) is 0. The Kier molecular flexibility index (Phi) is 11.9. The Morgan fingerprint density at radius 1 is 0.809 bits per heavy atom. The predicted octanol–water partition coefficient (Wildman–Crippen LogP) is 9.39. The molecule has 8 heteroatoms. The van der Waals surface area contributed by atoms with Crippen LogP contribution in [-0.4, -0.2) is 48.4 Å². The van der Waals surface area contributed by atoms with Crippen molar-refractivity contribution in [3.05, 3.63) is 83.8 Å². The fraction of sp³-hybridized carbons (Fsp3) is 0.462. The van der Waals surface area contributed by atoms with Crippen LogP contribution in [0.5, 0.6) is 11.5 Å². The van der Waals surface area contributed by atoms with Gasteiger partial charge in [-0.1, -0.05) is 103 Å². The average molecular weight is 655 g/mol. The summed E-state index contributed by atoms with van der Waals surface area (Å²) in [5.74, 6) is 7.52. The van der Waals surface area contributed by atoms with Gasteiger partial charge in [-0.3, -0.25) is 14.6 Å². The van der Waals surface area contributed by atoms with Crippen LogP contribution < -0.4 is 9.47 Å². The van der Waals surface area contributed by atoms with Crippen molar-refractivity contribution in [3.63, 3.8) is 0 Å². The van der Waals surface area contributed by atoms with Crippen LogP contribution in [-0.2, 0) is 4.79 Å². The zero-order valence-corrected chi connectivity index (χ0v) is 30.2. The van der Waals surface area contributed by atoms with Gasteiger partial charge in [0.25, 0.3) is 0 Å². The molecule has 0 saturated carbocycles. The molecule has 0 fully saturated rings. The van der Waals surface area contributed by atoms with Crippen LogP contribution in [0.1, 0.15) is 74.7 Å². The highest BCUT2D eigenvalue weighted by Gasteiger charge is 2.47. The Balaban J connectivity index is 1.73. The first-order chi connectivity index (χ1) is 22.3. The lowest BCUT2D eigenvalue weighted by atomic mass is 9.94. The van der Waals surface area contributed by atoms with Crippen molar-refractivity contribution in [2.24, 2.45) is 11.8 Å². The number of carbonyl (C=O) groups is 3. The molecule has 7 nitrogen and oxygen atoms in total. The second-order valence-electron chi connectivity index (χ2n) is 14.1. The van der Waals surface area contributed by atoms with Gasteiger partial charge in [-0.15, -0.1) is 0 Å². The van der Waals surface area contributed by atoms with Crippen LogP contribution in [0.2, 0.25) is 16.6 Å². The largest absolute Gasteiger partial charge is 0.420 e. The van der Waals surface area contributed by atoms with Crippen molar-refractivity contribution in [3.8, 4) is 23.3 Å². The summed E-state index contributed by atoms with van der Waals surface area (Å²) in [6.07, 6.45) is 4.07.